The summed E-state index contributed by atoms with van der Waals surface area (Å²) in [5, 5.41) is 9.10. The normalized spacial score (nSPS) is 10.9. The Morgan fingerprint density at radius 3 is 2.50 bits per heavy atom. The number of aromatic nitrogens is 2. The molecular weight excluding hydrogens is 296 g/mol. The van der Waals surface area contributed by atoms with Gasteiger partial charge in [-0.1, -0.05) is 12.1 Å². The molecule has 2 rings (SSSR count). The van der Waals surface area contributed by atoms with E-state index in [-0.39, 0.29) is 12.4 Å². The van der Waals surface area contributed by atoms with E-state index in [0.717, 1.165) is 17.0 Å². The van der Waals surface area contributed by atoms with E-state index in [1.807, 2.05) is 35.0 Å². The Morgan fingerprint density at radius 2 is 2.00 bits per heavy atom. The van der Waals surface area contributed by atoms with Gasteiger partial charge in [0.05, 0.1) is 6.33 Å². The summed E-state index contributed by atoms with van der Waals surface area (Å²) in [6, 6.07) is 7.95. The molecule has 108 valence electrons. The van der Waals surface area contributed by atoms with Gasteiger partial charge in [-0.15, -0.1) is 24.2 Å². The lowest BCUT2D eigenvalue weighted by Crippen LogP contribution is -2.26. The summed E-state index contributed by atoms with van der Waals surface area (Å²) in [6.45, 7) is 4.19. The first kappa shape index (κ1) is 16.6. The fourth-order valence-corrected chi connectivity index (χ4v) is 2.54. The van der Waals surface area contributed by atoms with Crippen molar-refractivity contribution < 1.29 is 9.90 Å². The summed E-state index contributed by atoms with van der Waals surface area (Å²) in [6.07, 6.45) is 5.44. The van der Waals surface area contributed by atoms with Crippen LogP contribution in [0.4, 0.5) is 0 Å². The number of thioether (sulfide) groups is 1. The second-order valence-corrected chi connectivity index (χ2v) is 6.49. The molecule has 20 heavy (non-hydrogen) atoms. The summed E-state index contributed by atoms with van der Waals surface area (Å²) < 4.78 is 1.18. The van der Waals surface area contributed by atoms with Crippen LogP contribution in [-0.4, -0.2) is 25.4 Å². The second kappa shape index (κ2) is 6.81. The second-order valence-electron chi connectivity index (χ2n) is 4.80. The fraction of sp³-hybridized carbons (Fsp3) is 0.286. The van der Waals surface area contributed by atoms with Crippen LogP contribution in [-0.2, 0) is 11.3 Å². The smallest absolute Gasteiger partial charge is 0.319 e. The molecule has 0 aliphatic heterocycles. The highest BCUT2D eigenvalue weighted by atomic mass is 35.5. The van der Waals surface area contributed by atoms with Crippen LogP contribution in [0.25, 0.3) is 0 Å². The van der Waals surface area contributed by atoms with Gasteiger partial charge in [-0.25, -0.2) is 4.98 Å². The standard InChI is InChI=1S/C14H16N2O2S.ClH/c1-14(2,13(17)18)19-12-5-3-11(4-6-12)9-16-8-7-15-10-16;/h3-8,10H,9H2,1-2H3,(H,17,18);1H. The molecule has 0 amide bonds. The Hall–Kier alpha value is -1.46. The number of nitrogens with zero attached hydrogens (tertiary/aromatic N) is 2. The number of hydrogen-bond acceptors (Lipinski definition) is 3. The van der Waals surface area contributed by atoms with E-state index in [0.29, 0.717) is 0 Å². The van der Waals surface area contributed by atoms with Crippen molar-refractivity contribution in [2.75, 3.05) is 0 Å². The van der Waals surface area contributed by atoms with Crippen LogP contribution >= 0.6 is 24.2 Å². The summed E-state index contributed by atoms with van der Waals surface area (Å²) >= 11 is 1.35. The molecule has 0 aliphatic carbocycles. The van der Waals surface area contributed by atoms with Gasteiger partial charge in [-0.3, -0.25) is 4.79 Å². The van der Waals surface area contributed by atoms with Crippen molar-refractivity contribution in [2.45, 2.75) is 30.0 Å². The minimum atomic E-state index is -0.814. The topological polar surface area (TPSA) is 55.1 Å². The maximum Gasteiger partial charge on any atom is 0.319 e. The summed E-state index contributed by atoms with van der Waals surface area (Å²) in [5.74, 6) is -0.806. The molecule has 1 N–H and O–H groups in total. The lowest BCUT2D eigenvalue weighted by atomic mass is 10.2. The minimum absolute atomic E-state index is 0. The van der Waals surface area contributed by atoms with Crippen LogP contribution in [0.15, 0.2) is 47.9 Å². The molecule has 0 bridgehead atoms. The summed E-state index contributed by atoms with van der Waals surface area (Å²) in [7, 11) is 0. The predicted octanol–water partition coefficient (Wildman–Crippen LogP) is 3.31. The largest absolute Gasteiger partial charge is 0.480 e. The number of halogens is 1. The number of benzene rings is 1. The van der Waals surface area contributed by atoms with Crippen molar-refractivity contribution in [1.82, 2.24) is 9.55 Å². The van der Waals surface area contributed by atoms with Crippen LogP contribution in [0.1, 0.15) is 19.4 Å². The highest BCUT2D eigenvalue weighted by molar-refractivity contribution is 8.01. The average Bonchev–Trinajstić information content (AvgIpc) is 2.84. The van der Waals surface area contributed by atoms with Crippen LogP contribution in [0, 0.1) is 0 Å². The summed E-state index contributed by atoms with van der Waals surface area (Å²) in [4.78, 5) is 16.0. The Bertz CT molecular complexity index is 553. The number of hydrogen-bond donors (Lipinski definition) is 1. The molecule has 0 fully saturated rings. The third kappa shape index (κ3) is 4.28. The average molecular weight is 313 g/mol. The van der Waals surface area contributed by atoms with E-state index in [2.05, 4.69) is 4.98 Å². The molecular formula is C14H17ClN2O2S. The van der Waals surface area contributed by atoms with Crippen molar-refractivity contribution in [3.63, 3.8) is 0 Å². The molecule has 2 aromatic rings. The Labute approximate surface area is 128 Å². The van der Waals surface area contributed by atoms with E-state index >= 15 is 0 Å². The molecule has 1 aromatic heterocycles. The first-order valence-electron chi connectivity index (χ1n) is 5.94. The van der Waals surface area contributed by atoms with Gasteiger partial charge in [-0.05, 0) is 31.5 Å². The third-order valence-corrected chi connectivity index (χ3v) is 3.93. The van der Waals surface area contributed by atoms with Crippen LogP contribution in [0.3, 0.4) is 0 Å². The molecule has 0 radical (unpaired) electrons. The molecule has 0 spiro atoms. The first-order chi connectivity index (χ1) is 8.97. The lowest BCUT2D eigenvalue weighted by Gasteiger charge is -2.18. The number of carboxylic acids is 1. The molecule has 4 nitrogen and oxygen atoms in total. The molecule has 1 heterocycles. The van der Waals surface area contributed by atoms with Crippen molar-refractivity contribution in [3.05, 3.63) is 48.5 Å². The van der Waals surface area contributed by atoms with Crippen molar-refractivity contribution >= 4 is 30.1 Å². The zero-order valence-electron chi connectivity index (χ0n) is 11.3. The monoisotopic (exact) mass is 312 g/mol. The van der Waals surface area contributed by atoms with E-state index in [1.54, 1.807) is 26.4 Å². The predicted molar refractivity (Wildman–Crippen MR) is 82.6 cm³/mol. The van der Waals surface area contributed by atoms with Gasteiger partial charge >= 0.3 is 5.97 Å². The highest BCUT2D eigenvalue weighted by Gasteiger charge is 2.28. The molecule has 0 aliphatic rings. The third-order valence-electron chi connectivity index (χ3n) is 2.74. The maximum absolute atomic E-state index is 11.1. The Balaban J connectivity index is 0.00000200. The summed E-state index contributed by atoms with van der Waals surface area (Å²) in [5.41, 5.74) is 1.16. The number of carboxylic acid groups (broad SMARTS) is 1. The van der Waals surface area contributed by atoms with Crippen molar-refractivity contribution in [2.24, 2.45) is 0 Å². The van der Waals surface area contributed by atoms with Crippen LogP contribution in [0.5, 0.6) is 0 Å². The number of carbonyl (C=O) groups is 1. The quantitative estimate of drug-likeness (QED) is 0.861. The Morgan fingerprint density at radius 1 is 1.35 bits per heavy atom. The molecule has 0 unspecified atom stereocenters. The highest BCUT2D eigenvalue weighted by Crippen LogP contribution is 2.32. The van der Waals surface area contributed by atoms with Gasteiger partial charge in [0.1, 0.15) is 4.75 Å². The fourth-order valence-electron chi connectivity index (χ4n) is 1.59. The van der Waals surface area contributed by atoms with Crippen molar-refractivity contribution in [3.8, 4) is 0 Å². The number of aliphatic carboxylic acids is 1. The van der Waals surface area contributed by atoms with Gasteiger partial charge in [0, 0.05) is 23.8 Å². The van der Waals surface area contributed by atoms with E-state index in [4.69, 9.17) is 5.11 Å². The van der Waals surface area contributed by atoms with Gasteiger partial charge in [-0.2, -0.15) is 0 Å². The Kier molecular flexibility index (Phi) is 5.65. The zero-order valence-corrected chi connectivity index (χ0v) is 12.9. The van der Waals surface area contributed by atoms with Gasteiger partial charge in [0.2, 0.25) is 0 Å². The zero-order chi connectivity index (χ0) is 13.9. The molecule has 0 saturated heterocycles. The molecule has 1 aromatic carbocycles. The minimum Gasteiger partial charge on any atom is -0.480 e. The number of rotatable bonds is 5. The SMILES string of the molecule is CC(C)(Sc1ccc(Cn2ccnc2)cc1)C(=O)O.Cl. The van der Waals surface area contributed by atoms with Crippen LogP contribution in [0.2, 0.25) is 0 Å². The van der Waals surface area contributed by atoms with Gasteiger partial charge in [0.15, 0.2) is 0 Å². The molecule has 0 saturated carbocycles. The maximum atomic E-state index is 11.1. The van der Waals surface area contributed by atoms with Gasteiger partial charge < -0.3 is 9.67 Å². The first-order valence-corrected chi connectivity index (χ1v) is 6.76. The van der Waals surface area contributed by atoms with Crippen LogP contribution < -0.4 is 0 Å². The van der Waals surface area contributed by atoms with E-state index < -0.39 is 10.7 Å². The molecule has 0 atom stereocenters. The molecule has 6 heteroatoms. The van der Waals surface area contributed by atoms with E-state index in [9.17, 15) is 4.79 Å². The van der Waals surface area contributed by atoms with Crippen molar-refractivity contribution in [1.29, 1.82) is 0 Å². The lowest BCUT2D eigenvalue weighted by molar-refractivity contribution is -0.138. The van der Waals surface area contributed by atoms with E-state index in [1.165, 1.54) is 11.8 Å². The number of imidazole rings is 1. The van der Waals surface area contributed by atoms with Gasteiger partial charge in [0.25, 0.3) is 0 Å².